The number of hydrogen-bond donors (Lipinski definition) is 0. The molecule has 1 aliphatic rings. The van der Waals surface area contributed by atoms with Crippen LogP contribution in [0.4, 0.5) is 13.2 Å². The van der Waals surface area contributed by atoms with Crippen molar-refractivity contribution in [2.45, 2.75) is 17.7 Å². The number of alkyl halides is 3. The summed E-state index contributed by atoms with van der Waals surface area (Å²) in [5.41, 5.74) is 1.37. The number of hydrogen-bond acceptors (Lipinski definition) is 5. The first-order valence-electron chi connectivity index (χ1n) is 4.88. The average Bonchev–Trinajstić information content (AvgIpc) is 2.96. The number of nitrogens with zero attached hydrogens (tertiary/aromatic N) is 2. The monoisotopic (exact) mass is 274 g/mol. The van der Waals surface area contributed by atoms with Crippen molar-refractivity contribution >= 4 is 12.0 Å². The highest BCUT2D eigenvalue weighted by Crippen LogP contribution is 2.35. The van der Waals surface area contributed by atoms with Crippen molar-refractivity contribution in [3.05, 3.63) is 29.7 Å². The van der Waals surface area contributed by atoms with E-state index in [0.717, 1.165) is 10.5 Å². The summed E-state index contributed by atoms with van der Waals surface area (Å²) >= 11 is 1.24. The summed E-state index contributed by atoms with van der Waals surface area (Å²) in [4.78, 5) is 4.27. The van der Waals surface area contributed by atoms with Crippen LogP contribution < -0.4 is 0 Å². The molecule has 3 rings (SSSR count). The second-order valence-electron chi connectivity index (χ2n) is 3.59. The third kappa shape index (κ3) is 1.97. The van der Waals surface area contributed by atoms with Gasteiger partial charge >= 0.3 is 12.1 Å². The van der Waals surface area contributed by atoms with Crippen LogP contribution >= 0.6 is 12.0 Å². The van der Waals surface area contributed by atoms with Gasteiger partial charge in [-0.05, 0) is 23.8 Å². The summed E-state index contributed by atoms with van der Waals surface area (Å²) in [5.74, 6) is -1.43. The van der Waals surface area contributed by atoms with Crippen molar-refractivity contribution in [3.63, 3.8) is 0 Å². The largest absolute Gasteiger partial charge is 0.471 e. The van der Waals surface area contributed by atoms with E-state index in [1.807, 2.05) is 0 Å². The van der Waals surface area contributed by atoms with E-state index in [-0.39, 0.29) is 5.82 Å². The van der Waals surface area contributed by atoms with Gasteiger partial charge in [0, 0.05) is 22.5 Å². The Morgan fingerprint density at radius 1 is 1.28 bits per heavy atom. The van der Waals surface area contributed by atoms with Gasteiger partial charge in [-0.15, -0.1) is 0 Å². The lowest BCUT2D eigenvalue weighted by atomic mass is 10.1. The Kier molecular flexibility index (Phi) is 2.56. The molecule has 1 aliphatic heterocycles. The second-order valence-corrected chi connectivity index (χ2v) is 4.43. The molecule has 18 heavy (non-hydrogen) atoms. The quantitative estimate of drug-likeness (QED) is 0.747. The zero-order valence-electron chi connectivity index (χ0n) is 8.69. The molecule has 0 saturated carbocycles. The van der Waals surface area contributed by atoms with E-state index in [0.29, 0.717) is 12.2 Å². The van der Waals surface area contributed by atoms with Gasteiger partial charge in [-0.25, -0.2) is 0 Å². The Bertz CT molecular complexity index is 597. The summed E-state index contributed by atoms with van der Waals surface area (Å²) in [6.45, 7) is 0.415. The Morgan fingerprint density at radius 3 is 2.83 bits per heavy atom. The summed E-state index contributed by atoms with van der Waals surface area (Å²) < 4.78 is 46.3. The van der Waals surface area contributed by atoms with Crippen LogP contribution in [-0.4, -0.2) is 10.1 Å². The minimum Gasteiger partial charge on any atom is -0.329 e. The van der Waals surface area contributed by atoms with Crippen molar-refractivity contribution in [1.82, 2.24) is 10.1 Å². The second kappa shape index (κ2) is 3.99. The van der Waals surface area contributed by atoms with Crippen molar-refractivity contribution in [3.8, 4) is 11.4 Å². The topological polar surface area (TPSA) is 48.2 Å². The predicted octanol–water partition coefficient (Wildman–Crippen LogP) is 3.29. The molecule has 0 atom stereocenters. The van der Waals surface area contributed by atoms with Gasteiger partial charge < -0.3 is 8.71 Å². The van der Waals surface area contributed by atoms with Crippen molar-refractivity contribution in [1.29, 1.82) is 0 Å². The highest BCUT2D eigenvalue weighted by atomic mass is 32.2. The SMILES string of the molecule is FC(F)(F)c1nc(-c2ccc3c(c2)COS3)no1. The number of benzene rings is 1. The van der Waals surface area contributed by atoms with Crippen molar-refractivity contribution < 1.29 is 21.9 Å². The standard InChI is InChI=1S/C10H5F3N2O2S/c11-10(12,13)9-14-8(15-17-9)5-1-2-7-6(3-5)4-16-18-7/h1-3H,4H2. The first kappa shape index (κ1) is 11.5. The fourth-order valence-electron chi connectivity index (χ4n) is 1.52. The minimum absolute atomic E-state index is 0.0815. The molecule has 0 N–H and O–H groups in total. The molecule has 2 aromatic rings. The maximum absolute atomic E-state index is 12.3. The van der Waals surface area contributed by atoms with Crippen LogP contribution in [0, 0.1) is 0 Å². The molecule has 0 radical (unpaired) electrons. The molecule has 1 aromatic carbocycles. The fourth-order valence-corrected chi connectivity index (χ4v) is 2.19. The molecular weight excluding hydrogens is 269 g/mol. The molecule has 2 heterocycles. The number of halogens is 3. The highest BCUT2D eigenvalue weighted by Gasteiger charge is 2.38. The molecule has 0 amide bonds. The Hall–Kier alpha value is -1.54. The van der Waals surface area contributed by atoms with E-state index < -0.39 is 12.1 Å². The molecule has 4 nitrogen and oxygen atoms in total. The smallest absolute Gasteiger partial charge is 0.329 e. The van der Waals surface area contributed by atoms with Gasteiger partial charge in [0.05, 0.1) is 6.61 Å². The van der Waals surface area contributed by atoms with Gasteiger partial charge in [-0.2, -0.15) is 18.2 Å². The third-order valence-electron chi connectivity index (χ3n) is 2.35. The van der Waals surface area contributed by atoms with E-state index in [1.165, 1.54) is 12.0 Å². The maximum atomic E-state index is 12.3. The molecule has 0 saturated heterocycles. The molecule has 0 aliphatic carbocycles. The predicted molar refractivity (Wildman–Crippen MR) is 55.4 cm³/mol. The van der Waals surface area contributed by atoms with Crippen LogP contribution in [0.2, 0.25) is 0 Å². The Labute approximate surface area is 103 Å². The van der Waals surface area contributed by atoms with E-state index in [4.69, 9.17) is 4.18 Å². The van der Waals surface area contributed by atoms with Crippen LogP contribution in [0.3, 0.4) is 0 Å². The number of aromatic nitrogens is 2. The number of fused-ring (bicyclic) bond motifs is 1. The van der Waals surface area contributed by atoms with Gasteiger partial charge in [-0.1, -0.05) is 5.16 Å². The van der Waals surface area contributed by atoms with Crippen LogP contribution in [0.15, 0.2) is 27.6 Å². The van der Waals surface area contributed by atoms with Gasteiger partial charge in [0.2, 0.25) is 5.82 Å². The van der Waals surface area contributed by atoms with Gasteiger partial charge in [-0.3, -0.25) is 0 Å². The molecule has 94 valence electrons. The first-order valence-corrected chi connectivity index (χ1v) is 5.62. The lowest BCUT2D eigenvalue weighted by Crippen LogP contribution is -2.04. The van der Waals surface area contributed by atoms with E-state index in [9.17, 15) is 13.2 Å². The van der Waals surface area contributed by atoms with Crippen LogP contribution in [0.5, 0.6) is 0 Å². The lowest BCUT2D eigenvalue weighted by molar-refractivity contribution is -0.159. The fraction of sp³-hybridized carbons (Fsp3) is 0.200. The van der Waals surface area contributed by atoms with Crippen molar-refractivity contribution in [2.75, 3.05) is 0 Å². The van der Waals surface area contributed by atoms with Crippen LogP contribution in [0.25, 0.3) is 11.4 Å². The van der Waals surface area contributed by atoms with Crippen molar-refractivity contribution in [2.24, 2.45) is 0 Å². The minimum atomic E-state index is -4.62. The van der Waals surface area contributed by atoms with Crippen LogP contribution in [-0.2, 0) is 17.0 Å². The molecule has 0 unspecified atom stereocenters. The molecule has 0 spiro atoms. The van der Waals surface area contributed by atoms with Gasteiger partial charge in [0.15, 0.2) is 0 Å². The third-order valence-corrected chi connectivity index (χ3v) is 3.16. The normalized spacial score (nSPS) is 14.8. The molecule has 0 bridgehead atoms. The molecule has 1 aromatic heterocycles. The molecule has 0 fully saturated rings. The maximum Gasteiger partial charge on any atom is 0.471 e. The summed E-state index contributed by atoms with van der Waals surface area (Å²) in [6, 6.07) is 5.08. The molecule has 8 heteroatoms. The molecular formula is C10H5F3N2O2S. The summed E-state index contributed by atoms with van der Waals surface area (Å²) in [7, 11) is 0. The first-order chi connectivity index (χ1) is 8.54. The highest BCUT2D eigenvalue weighted by molar-refractivity contribution is 7.95. The van der Waals surface area contributed by atoms with Gasteiger partial charge in [0.1, 0.15) is 0 Å². The Morgan fingerprint density at radius 2 is 2.11 bits per heavy atom. The van der Waals surface area contributed by atoms with E-state index in [1.54, 1.807) is 18.2 Å². The van der Waals surface area contributed by atoms with E-state index in [2.05, 4.69) is 14.7 Å². The summed E-state index contributed by atoms with van der Waals surface area (Å²) in [6.07, 6.45) is -4.62. The Balaban J connectivity index is 1.98. The van der Waals surface area contributed by atoms with E-state index >= 15 is 0 Å². The average molecular weight is 274 g/mol. The lowest BCUT2D eigenvalue weighted by Gasteiger charge is -1.98. The van der Waals surface area contributed by atoms with Gasteiger partial charge in [0.25, 0.3) is 0 Å². The zero-order valence-corrected chi connectivity index (χ0v) is 9.51. The zero-order chi connectivity index (χ0) is 12.8. The number of rotatable bonds is 1. The summed E-state index contributed by atoms with van der Waals surface area (Å²) in [5, 5.41) is 3.32. The van der Waals surface area contributed by atoms with Crippen LogP contribution in [0.1, 0.15) is 11.5 Å².